The van der Waals surface area contributed by atoms with Crippen LogP contribution in [-0.2, 0) is 4.79 Å². The Morgan fingerprint density at radius 2 is 1.90 bits per heavy atom. The second-order valence-electron chi connectivity index (χ2n) is 6.42. The van der Waals surface area contributed by atoms with Crippen LogP contribution in [0.4, 0.5) is 0 Å². The highest BCUT2D eigenvalue weighted by Gasteiger charge is 2.10. The van der Waals surface area contributed by atoms with Crippen molar-refractivity contribution in [2.75, 3.05) is 6.61 Å². The Morgan fingerprint density at radius 3 is 2.62 bits per heavy atom. The van der Waals surface area contributed by atoms with Crippen molar-refractivity contribution in [3.05, 3.63) is 78.1 Å². The summed E-state index contributed by atoms with van der Waals surface area (Å²) in [5.74, 6) is 1.75. The summed E-state index contributed by atoms with van der Waals surface area (Å²) in [7, 11) is 0. The molecule has 0 unspecified atom stereocenters. The number of hydrogen-bond acceptors (Lipinski definition) is 5. The van der Waals surface area contributed by atoms with E-state index < -0.39 is 6.10 Å². The molecule has 150 valence electrons. The largest absolute Gasteiger partial charge is 0.494 e. The molecule has 0 saturated carbocycles. The normalized spacial score (nSPS) is 12.1. The summed E-state index contributed by atoms with van der Waals surface area (Å²) >= 11 is 0. The second kappa shape index (κ2) is 10.2. The van der Waals surface area contributed by atoms with Crippen molar-refractivity contribution in [1.82, 2.24) is 5.43 Å². The third kappa shape index (κ3) is 6.05. The number of amides is 1. The van der Waals surface area contributed by atoms with Crippen molar-refractivity contribution in [1.29, 1.82) is 0 Å². The van der Waals surface area contributed by atoms with Gasteiger partial charge in [0.2, 0.25) is 5.91 Å². The quantitative estimate of drug-likeness (QED) is 0.420. The number of benzene rings is 2. The zero-order valence-corrected chi connectivity index (χ0v) is 16.2. The first-order chi connectivity index (χ1) is 14.2. The molecule has 29 heavy (non-hydrogen) atoms. The van der Waals surface area contributed by atoms with E-state index in [2.05, 4.69) is 10.5 Å². The van der Waals surface area contributed by atoms with Crippen LogP contribution in [0.3, 0.4) is 0 Å². The first-order valence-corrected chi connectivity index (χ1v) is 9.53. The molecule has 0 fully saturated rings. The molecule has 3 aromatic rings. The van der Waals surface area contributed by atoms with E-state index in [4.69, 9.17) is 9.15 Å². The van der Waals surface area contributed by atoms with Crippen LogP contribution in [0, 0.1) is 0 Å². The average Bonchev–Trinajstić information content (AvgIpc) is 3.22. The van der Waals surface area contributed by atoms with Gasteiger partial charge in [-0.1, -0.05) is 42.5 Å². The molecule has 0 bridgehead atoms. The molecule has 0 spiro atoms. The SMILES string of the molecule is CCOc1ccc([C@@H](O)CCC(=O)N/N=C\c2ccc(-c3ccccc3)o2)cc1. The highest BCUT2D eigenvalue weighted by molar-refractivity contribution is 5.81. The monoisotopic (exact) mass is 392 g/mol. The molecule has 1 heterocycles. The van der Waals surface area contributed by atoms with Crippen LogP contribution in [0.2, 0.25) is 0 Å². The standard InChI is InChI=1S/C23H24N2O4/c1-2-28-19-10-8-17(9-11-19)21(26)13-15-23(27)25-24-16-20-12-14-22(29-20)18-6-4-3-5-7-18/h3-12,14,16,21,26H,2,13,15H2,1H3,(H,25,27)/b24-16-/t21-/m0/s1. The molecule has 1 amide bonds. The van der Waals surface area contributed by atoms with E-state index in [1.54, 1.807) is 30.3 Å². The van der Waals surface area contributed by atoms with Crippen LogP contribution >= 0.6 is 0 Å². The molecule has 1 atom stereocenters. The van der Waals surface area contributed by atoms with E-state index in [-0.39, 0.29) is 12.3 Å². The number of carbonyl (C=O) groups excluding carboxylic acids is 1. The summed E-state index contributed by atoms with van der Waals surface area (Å²) in [6.45, 7) is 2.51. The molecule has 2 aromatic carbocycles. The number of nitrogens with one attached hydrogen (secondary N) is 1. The summed E-state index contributed by atoms with van der Waals surface area (Å²) < 4.78 is 11.1. The molecule has 1 aromatic heterocycles. The highest BCUT2D eigenvalue weighted by Crippen LogP contribution is 2.22. The lowest BCUT2D eigenvalue weighted by molar-refractivity contribution is -0.121. The van der Waals surface area contributed by atoms with Gasteiger partial charge >= 0.3 is 0 Å². The minimum absolute atomic E-state index is 0.152. The number of hydrazone groups is 1. The van der Waals surface area contributed by atoms with Crippen LogP contribution in [0.5, 0.6) is 5.75 Å². The molecule has 0 aliphatic heterocycles. The van der Waals surface area contributed by atoms with Gasteiger partial charge in [-0.15, -0.1) is 0 Å². The zero-order valence-electron chi connectivity index (χ0n) is 16.2. The van der Waals surface area contributed by atoms with Crippen LogP contribution in [-0.4, -0.2) is 23.8 Å². The molecule has 6 heteroatoms. The molecular formula is C23H24N2O4. The van der Waals surface area contributed by atoms with Gasteiger partial charge in [0.25, 0.3) is 0 Å². The Bertz CT molecular complexity index is 933. The van der Waals surface area contributed by atoms with E-state index in [9.17, 15) is 9.90 Å². The summed E-state index contributed by atoms with van der Waals surface area (Å²) in [4.78, 5) is 11.9. The van der Waals surface area contributed by atoms with Gasteiger partial charge in [0.05, 0.1) is 18.9 Å². The fourth-order valence-electron chi connectivity index (χ4n) is 2.79. The smallest absolute Gasteiger partial charge is 0.240 e. The Kier molecular flexibility index (Phi) is 7.19. The third-order valence-electron chi connectivity index (χ3n) is 4.29. The molecule has 2 N–H and O–H groups in total. The summed E-state index contributed by atoms with van der Waals surface area (Å²) in [5.41, 5.74) is 4.17. The summed E-state index contributed by atoms with van der Waals surface area (Å²) in [6, 6.07) is 20.6. The molecular weight excluding hydrogens is 368 g/mol. The average molecular weight is 392 g/mol. The molecule has 0 saturated heterocycles. The first-order valence-electron chi connectivity index (χ1n) is 9.53. The van der Waals surface area contributed by atoms with Gasteiger partial charge in [-0.3, -0.25) is 4.79 Å². The summed E-state index contributed by atoms with van der Waals surface area (Å²) in [5, 5.41) is 14.1. The van der Waals surface area contributed by atoms with Crippen molar-refractivity contribution in [2.24, 2.45) is 5.10 Å². The molecule has 0 radical (unpaired) electrons. The van der Waals surface area contributed by atoms with Gasteiger partial charge in [0.15, 0.2) is 0 Å². The van der Waals surface area contributed by atoms with E-state index in [1.165, 1.54) is 6.21 Å². The van der Waals surface area contributed by atoms with Crippen molar-refractivity contribution in [3.8, 4) is 17.1 Å². The van der Waals surface area contributed by atoms with Crippen molar-refractivity contribution in [2.45, 2.75) is 25.9 Å². The predicted octanol–water partition coefficient (Wildman–Crippen LogP) is 4.31. The van der Waals surface area contributed by atoms with Crippen LogP contribution < -0.4 is 10.2 Å². The Hall–Kier alpha value is -3.38. The van der Waals surface area contributed by atoms with E-state index in [0.717, 1.165) is 22.6 Å². The summed E-state index contributed by atoms with van der Waals surface area (Å²) in [6.07, 6.45) is 1.18. The van der Waals surface area contributed by atoms with E-state index >= 15 is 0 Å². The number of nitrogens with zero attached hydrogens (tertiary/aromatic N) is 1. The fraction of sp³-hybridized carbons (Fsp3) is 0.217. The van der Waals surface area contributed by atoms with Crippen molar-refractivity contribution >= 4 is 12.1 Å². The van der Waals surface area contributed by atoms with Gasteiger partial charge in [-0.2, -0.15) is 5.10 Å². The van der Waals surface area contributed by atoms with E-state index in [0.29, 0.717) is 18.8 Å². The highest BCUT2D eigenvalue weighted by atomic mass is 16.5. The number of aliphatic hydroxyl groups is 1. The predicted molar refractivity (Wildman–Crippen MR) is 112 cm³/mol. The molecule has 0 aliphatic carbocycles. The lowest BCUT2D eigenvalue weighted by Crippen LogP contribution is -2.18. The first kappa shape index (κ1) is 20.4. The van der Waals surface area contributed by atoms with Crippen LogP contribution in [0.25, 0.3) is 11.3 Å². The maximum absolute atomic E-state index is 11.9. The molecule has 3 rings (SSSR count). The lowest BCUT2D eigenvalue weighted by atomic mass is 10.0. The van der Waals surface area contributed by atoms with Gasteiger partial charge in [-0.25, -0.2) is 5.43 Å². The number of furan rings is 1. The van der Waals surface area contributed by atoms with E-state index in [1.807, 2.05) is 43.3 Å². The van der Waals surface area contributed by atoms with Gasteiger partial charge in [-0.05, 0) is 43.2 Å². The number of hydrogen-bond donors (Lipinski definition) is 2. The maximum atomic E-state index is 11.9. The van der Waals surface area contributed by atoms with Gasteiger partial charge < -0.3 is 14.3 Å². The zero-order chi connectivity index (χ0) is 20.5. The number of aliphatic hydroxyl groups excluding tert-OH is 1. The van der Waals surface area contributed by atoms with Crippen LogP contribution in [0.15, 0.2) is 76.2 Å². The minimum Gasteiger partial charge on any atom is -0.494 e. The second-order valence-corrected chi connectivity index (χ2v) is 6.42. The fourth-order valence-corrected chi connectivity index (χ4v) is 2.79. The Morgan fingerprint density at radius 1 is 1.14 bits per heavy atom. The van der Waals surface area contributed by atoms with Gasteiger partial charge in [0, 0.05) is 12.0 Å². The Balaban J connectivity index is 1.44. The number of ether oxygens (including phenoxy) is 1. The van der Waals surface area contributed by atoms with Crippen molar-refractivity contribution < 1.29 is 19.1 Å². The topological polar surface area (TPSA) is 84.1 Å². The van der Waals surface area contributed by atoms with Crippen molar-refractivity contribution in [3.63, 3.8) is 0 Å². The van der Waals surface area contributed by atoms with Crippen LogP contribution in [0.1, 0.15) is 37.2 Å². The van der Waals surface area contributed by atoms with Gasteiger partial charge in [0.1, 0.15) is 17.3 Å². The Labute approximate surface area is 169 Å². The number of rotatable bonds is 9. The lowest BCUT2D eigenvalue weighted by Gasteiger charge is -2.11. The number of carbonyl (C=O) groups is 1. The third-order valence-corrected chi connectivity index (χ3v) is 4.29. The minimum atomic E-state index is -0.723. The molecule has 0 aliphatic rings. The maximum Gasteiger partial charge on any atom is 0.240 e. The molecule has 6 nitrogen and oxygen atoms in total.